The van der Waals surface area contributed by atoms with Crippen molar-refractivity contribution < 1.29 is 0 Å². The van der Waals surface area contributed by atoms with Gasteiger partial charge in [0, 0.05) is 0 Å². The van der Waals surface area contributed by atoms with Gasteiger partial charge in [-0.15, -0.1) is 23.9 Å². The van der Waals surface area contributed by atoms with E-state index in [1.165, 1.54) is 49.9 Å². The van der Waals surface area contributed by atoms with Gasteiger partial charge in [-0.3, -0.25) is 0 Å². The van der Waals surface area contributed by atoms with Gasteiger partial charge in [0.05, 0.1) is 0 Å². The molecular formula is C16H30Si2. The van der Waals surface area contributed by atoms with E-state index in [4.69, 9.17) is 12.8 Å². The average molecular weight is 279 g/mol. The lowest BCUT2D eigenvalue weighted by atomic mass is 10.6. The first-order valence-corrected chi connectivity index (χ1v) is 13.4. The molecular weight excluding hydrogens is 248 g/mol. The Morgan fingerprint density at radius 1 is 0.611 bits per heavy atom. The molecule has 2 heteroatoms. The predicted octanol–water partition coefficient (Wildman–Crippen LogP) is 4.95. The third kappa shape index (κ3) is 3.53. The highest BCUT2D eigenvalue weighted by Gasteiger charge is 2.51. The van der Waals surface area contributed by atoms with Crippen LogP contribution in [-0.4, -0.2) is 15.2 Å². The molecule has 0 rings (SSSR count). The van der Waals surface area contributed by atoms with Crippen LogP contribution in [0.1, 0.15) is 53.4 Å². The third-order valence-electron chi connectivity index (χ3n) is 4.18. The second-order valence-corrected chi connectivity index (χ2v) is 18.1. The molecule has 102 valence electrons. The molecule has 0 fully saturated rings. The van der Waals surface area contributed by atoms with Crippen LogP contribution in [0.3, 0.4) is 0 Å². The van der Waals surface area contributed by atoms with E-state index in [-0.39, 0.29) is 0 Å². The number of hydrogen-bond acceptors (Lipinski definition) is 0. The fourth-order valence-electron chi connectivity index (χ4n) is 3.48. The second-order valence-electron chi connectivity index (χ2n) is 5.45. The Labute approximate surface area is 117 Å². The lowest BCUT2D eigenvalue weighted by Gasteiger charge is -2.41. The molecule has 0 atom stereocenters. The number of rotatable bonds is 9. The van der Waals surface area contributed by atoms with Crippen molar-refractivity contribution in [2.24, 2.45) is 0 Å². The summed E-state index contributed by atoms with van der Waals surface area (Å²) in [6.45, 7) is 9.06. The summed E-state index contributed by atoms with van der Waals surface area (Å²) < 4.78 is 0. The number of hydrogen-bond donors (Lipinski definition) is 0. The van der Waals surface area contributed by atoms with Gasteiger partial charge in [-0.2, -0.15) is 0 Å². The van der Waals surface area contributed by atoms with E-state index in [1.54, 1.807) is 0 Å². The van der Waals surface area contributed by atoms with Gasteiger partial charge in [-0.05, 0) is 24.2 Å². The summed E-state index contributed by atoms with van der Waals surface area (Å²) in [6, 6.07) is 5.03. The van der Waals surface area contributed by atoms with E-state index in [0.29, 0.717) is 0 Å². The Bertz CT molecular complexity index is 262. The minimum Gasteiger partial charge on any atom is -0.136 e. The van der Waals surface area contributed by atoms with Crippen molar-refractivity contribution in [3.05, 3.63) is 0 Å². The van der Waals surface area contributed by atoms with Crippen molar-refractivity contribution in [2.45, 2.75) is 77.6 Å². The van der Waals surface area contributed by atoms with Gasteiger partial charge >= 0.3 is 0 Å². The van der Waals surface area contributed by atoms with Crippen molar-refractivity contribution in [2.75, 3.05) is 0 Å². The summed E-state index contributed by atoms with van der Waals surface area (Å²) >= 11 is 0. The molecule has 0 unspecified atom stereocenters. The van der Waals surface area contributed by atoms with Crippen LogP contribution in [0.5, 0.6) is 0 Å². The van der Waals surface area contributed by atoms with Gasteiger partial charge in [0.25, 0.3) is 0 Å². The van der Waals surface area contributed by atoms with Gasteiger partial charge in [-0.1, -0.05) is 53.4 Å². The summed E-state index contributed by atoms with van der Waals surface area (Å²) in [6.07, 6.45) is 16.9. The zero-order chi connectivity index (χ0) is 14.1. The van der Waals surface area contributed by atoms with E-state index in [9.17, 15) is 0 Å². The first kappa shape index (κ1) is 17.6. The quantitative estimate of drug-likeness (QED) is 0.414. The van der Waals surface area contributed by atoms with Crippen LogP contribution in [-0.2, 0) is 0 Å². The monoisotopic (exact) mass is 278 g/mol. The Hall–Kier alpha value is -0.446. The normalized spacial score (nSPS) is 11.9. The molecule has 0 aliphatic heterocycles. The van der Waals surface area contributed by atoms with Crippen LogP contribution in [0.15, 0.2) is 0 Å². The molecule has 0 aliphatic carbocycles. The first-order chi connectivity index (χ1) is 8.61. The summed E-state index contributed by atoms with van der Waals surface area (Å²) in [5.74, 6) is 0. The SMILES string of the molecule is C#C[Si](CCC)(CCC)[Si](C#C)(CCC)CCC. The van der Waals surface area contributed by atoms with E-state index < -0.39 is 15.2 Å². The largest absolute Gasteiger partial charge is 0.144 e. The fourth-order valence-corrected chi connectivity index (χ4v) is 20.8. The average Bonchev–Trinajstić information content (AvgIpc) is 2.37. The predicted molar refractivity (Wildman–Crippen MR) is 89.6 cm³/mol. The highest BCUT2D eigenvalue weighted by Crippen LogP contribution is 2.36. The molecule has 18 heavy (non-hydrogen) atoms. The summed E-state index contributed by atoms with van der Waals surface area (Å²) in [7, 11) is -3.32. The molecule has 0 radical (unpaired) electrons. The summed E-state index contributed by atoms with van der Waals surface area (Å²) in [5, 5.41) is 0. The summed E-state index contributed by atoms with van der Waals surface area (Å²) in [5.41, 5.74) is 6.67. The van der Waals surface area contributed by atoms with Gasteiger partial charge in [0.15, 0.2) is 0 Å². The summed E-state index contributed by atoms with van der Waals surface area (Å²) in [4.78, 5) is 0. The molecule has 0 amide bonds. The highest BCUT2D eigenvalue weighted by atomic mass is 29.3. The third-order valence-corrected chi connectivity index (χ3v) is 21.9. The zero-order valence-electron chi connectivity index (χ0n) is 12.8. The van der Waals surface area contributed by atoms with Crippen molar-refractivity contribution >= 4 is 15.2 Å². The van der Waals surface area contributed by atoms with Crippen LogP contribution in [0.25, 0.3) is 0 Å². The molecule has 0 N–H and O–H groups in total. The fraction of sp³-hybridized carbons (Fsp3) is 0.750. The molecule has 0 saturated heterocycles. The van der Waals surface area contributed by atoms with Gasteiger partial charge < -0.3 is 0 Å². The minimum atomic E-state index is -1.66. The molecule has 0 heterocycles. The molecule has 0 nitrogen and oxygen atoms in total. The number of terminal acetylenes is 2. The topological polar surface area (TPSA) is 0 Å². The lowest BCUT2D eigenvalue weighted by Crippen LogP contribution is -2.61. The molecule has 0 aliphatic rings. The van der Waals surface area contributed by atoms with Gasteiger partial charge in [0.1, 0.15) is 15.2 Å². The van der Waals surface area contributed by atoms with Crippen molar-refractivity contribution in [1.29, 1.82) is 0 Å². The maximum absolute atomic E-state index is 6.05. The van der Waals surface area contributed by atoms with Crippen LogP contribution in [0.2, 0.25) is 24.2 Å². The van der Waals surface area contributed by atoms with Crippen LogP contribution >= 0.6 is 0 Å². The van der Waals surface area contributed by atoms with E-state index in [1.807, 2.05) is 0 Å². The standard InChI is InChI=1S/C16H30Si2/c1-7-13-17(11-5,14-8-2)18(12-6,15-9-3)16-10-4/h5-6H,7-10,13-16H2,1-4H3. The van der Waals surface area contributed by atoms with Crippen LogP contribution in [0.4, 0.5) is 0 Å². The van der Waals surface area contributed by atoms with Crippen LogP contribution in [0, 0.1) is 23.9 Å². The van der Waals surface area contributed by atoms with E-state index >= 15 is 0 Å². The van der Waals surface area contributed by atoms with Gasteiger partial charge in [0.2, 0.25) is 0 Å². The minimum absolute atomic E-state index is 1.21. The van der Waals surface area contributed by atoms with E-state index in [2.05, 4.69) is 38.8 Å². The van der Waals surface area contributed by atoms with Crippen molar-refractivity contribution in [3.63, 3.8) is 0 Å². The first-order valence-electron chi connectivity index (χ1n) is 7.57. The molecule has 0 spiro atoms. The molecule has 0 bridgehead atoms. The Kier molecular flexibility index (Phi) is 8.41. The Morgan fingerprint density at radius 2 is 0.833 bits per heavy atom. The van der Waals surface area contributed by atoms with Crippen molar-refractivity contribution in [1.82, 2.24) is 0 Å². The smallest absolute Gasteiger partial charge is 0.136 e. The van der Waals surface area contributed by atoms with Crippen LogP contribution < -0.4 is 0 Å². The Balaban J connectivity index is 5.58. The lowest BCUT2D eigenvalue weighted by molar-refractivity contribution is 0.972. The van der Waals surface area contributed by atoms with Gasteiger partial charge in [-0.25, -0.2) is 0 Å². The maximum Gasteiger partial charge on any atom is 0.144 e. The molecule has 0 aromatic rings. The second kappa shape index (κ2) is 8.62. The molecule has 0 aromatic carbocycles. The Morgan fingerprint density at radius 3 is 0.944 bits per heavy atom. The highest BCUT2D eigenvalue weighted by molar-refractivity contribution is 7.48. The maximum atomic E-state index is 6.05. The zero-order valence-corrected chi connectivity index (χ0v) is 14.8. The van der Waals surface area contributed by atoms with E-state index in [0.717, 1.165) is 0 Å². The molecule has 0 saturated carbocycles. The molecule has 0 aromatic heterocycles. The van der Waals surface area contributed by atoms with Crippen molar-refractivity contribution in [3.8, 4) is 23.9 Å².